The molecule has 0 spiro atoms. The zero-order valence-electron chi connectivity index (χ0n) is 15.7. The summed E-state index contributed by atoms with van der Waals surface area (Å²) in [7, 11) is -5.74. The van der Waals surface area contributed by atoms with Crippen molar-refractivity contribution in [1.29, 1.82) is 0 Å². The molecule has 1 aromatic rings. The smallest absolute Gasteiger partial charge is 0.426 e. The van der Waals surface area contributed by atoms with E-state index in [2.05, 4.69) is 10.1 Å². The summed E-state index contributed by atoms with van der Waals surface area (Å²) in [6.07, 6.45) is -3.85. The van der Waals surface area contributed by atoms with Crippen molar-refractivity contribution < 1.29 is 41.2 Å². The third-order valence-corrected chi connectivity index (χ3v) is 6.94. The molecule has 2 fully saturated rings. The highest BCUT2D eigenvalue weighted by Gasteiger charge is 2.41. The molecule has 1 aromatic carbocycles. The van der Waals surface area contributed by atoms with Crippen LogP contribution in [0.4, 0.5) is 13.2 Å². The molecule has 166 valence electrons. The molecule has 3 N–H and O–H groups in total. The van der Waals surface area contributed by atoms with E-state index in [0.717, 1.165) is 28.6 Å². The second-order valence-electron chi connectivity index (χ2n) is 7.04. The van der Waals surface area contributed by atoms with Crippen LogP contribution in [-0.4, -0.2) is 85.2 Å². The molecule has 2 heterocycles. The van der Waals surface area contributed by atoms with Crippen LogP contribution in [0.5, 0.6) is 5.75 Å². The second kappa shape index (κ2) is 8.71. The lowest BCUT2D eigenvalue weighted by Gasteiger charge is -2.35. The second-order valence-corrected chi connectivity index (χ2v) is 8.98. The van der Waals surface area contributed by atoms with Crippen LogP contribution in [0.15, 0.2) is 29.2 Å². The number of alkyl halides is 3. The quantitative estimate of drug-likeness (QED) is 0.519. The van der Waals surface area contributed by atoms with Gasteiger partial charge in [-0.15, -0.1) is 13.2 Å². The Balaban J connectivity index is 1.71. The lowest BCUT2D eigenvalue weighted by atomic mass is 9.77. The summed E-state index contributed by atoms with van der Waals surface area (Å²) in [6.45, 7) is 0.406. The molecule has 9 nitrogen and oxygen atoms in total. The molecular weight excluding hydrogens is 430 g/mol. The van der Waals surface area contributed by atoms with Gasteiger partial charge in [-0.2, -0.15) is 4.31 Å². The highest BCUT2D eigenvalue weighted by atomic mass is 32.2. The first-order chi connectivity index (χ1) is 14.0. The largest absolute Gasteiger partial charge is 0.573 e. The Morgan fingerprint density at radius 3 is 2.47 bits per heavy atom. The molecule has 2 aliphatic rings. The first-order valence-corrected chi connectivity index (χ1v) is 10.7. The summed E-state index contributed by atoms with van der Waals surface area (Å²) in [5.41, 5.74) is 0. The maximum atomic E-state index is 12.9. The zero-order valence-corrected chi connectivity index (χ0v) is 16.6. The van der Waals surface area contributed by atoms with Crippen LogP contribution in [0.1, 0.15) is 12.8 Å². The van der Waals surface area contributed by atoms with E-state index in [0.29, 0.717) is 19.4 Å². The number of amides is 1. The van der Waals surface area contributed by atoms with Gasteiger partial charge in [0.25, 0.3) is 0 Å². The fourth-order valence-electron chi connectivity index (χ4n) is 3.65. The van der Waals surface area contributed by atoms with Crippen LogP contribution in [0.3, 0.4) is 0 Å². The predicted octanol–water partition coefficient (Wildman–Crippen LogP) is -0.449. The van der Waals surface area contributed by atoms with E-state index in [1.165, 1.54) is 4.90 Å². The Morgan fingerprint density at radius 1 is 1.20 bits per heavy atom. The summed E-state index contributed by atoms with van der Waals surface area (Å²) >= 11 is 0. The maximum Gasteiger partial charge on any atom is 0.573 e. The minimum absolute atomic E-state index is 0.0684. The molecule has 1 amide bonds. The third-order valence-electron chi connectivity index (χ3n) is 5.06. The molecule has 2 saturated heterocycles. The number of likely N-dealkylation sites (tertiary alicyclic amines) is 1. The van der Waals surface area contributed by atoms with Crippen LogP contribution in [0.25, 0.3) is 0 Å². The van der Waals surface area contributed by atoms with E-state index in [-0.39, 0.29) is 24.5 Å². The Labute approximate surface area is 171 Å². The number of hydrogen-bond acceptors (Lipinski definition) is 7. The molecule has 0 saturated carbocycles. The number of hydrogen-bond donors (Lipinski definition) is 3. The van der Waals surface area contributed by atoms with Gasteiger partial charge < -0.3 is 25.0 Å². The Bertz CT molecular complexity index is 868. The van der Waals surface area contributed by atoms with Gasteiger partial charge >= 0.3 is 13.5 Å². The molecule has 2 aliphatic heterocycles. The van der Waals surface area contributed by atoms with E-state index >= 15 is 0 Å². The summed E-state index contributed by atoms with van der Waals surface area (Å²) in [4.78, 5) is 13.9. The SMILES string of the molecule is O=C(C1CN(S(=O)(=O)c2ccc(OC(F)(F)F)cc2)CCN1)N1CCC[C@H]1B(O)O. The van der Waals surface area contributed by atoms with Crippen LogP contribution in [0, 0.1) is 0 Å². The van der Waals surface area contributed by atoms with Gasteiger partial charge in [-0.1, -0.05) is 0 Å². The molecule has 1 unspecified atom stereocenters. The number of benzene rings is 1. The number of sulfonamides is 1. The molecular formula is C16H21BF3N3O6S. The third kappa shape index (κ3) is 5.06. The van der Waals surface area contributed by atoms with Crippen molar-refractivity contribution >= 4 is 23.0 Å². The predicted molar refractivity (Wildman–Crippen MR) is 98.6 cm³/mol. The fourth-order valence-corrected chi connectivity index (χ4v) is 5.10. The molecule has 14 heteroatoms. The Hall–Kier alpha value is -1.87. The number of nitrogens with zero attached hydrogens (tertiary/aromatic N) is 2. The van der Waals surface area contributed by atoms with Crippen LogP contribution in [-0.2, 0) is 14.8 Å². The minimum atomic E-state index is -4.89. The molecule has 0 aliphatic carbocycles. The average molecular weight is 451 g/mol. The number of rotatable bonds is 5. The Morgan fingerprint density at radius 2 is 1.87 bits per heavy atom. The highest BCUT2D eigenvalue weighted by molar-refractivity contribution is 7.89. The van der Waals surface area contributed by atoms with Crippen LogP contribution in [0.2, 0.25) is 0 Å². The van der Waals surface area contributed by atoms with E-state index < -0.39 is 47.1 Å². The lowest BCUT2D eigenvalue weighted by molar-refractivity contribution is -0.274. The summed E-state index contributed by atoms with van der Waals surface area (Å²) in [5, 5.41) is 21.8. The summed E-state index contributed by atoms with van der Waals surface area (Å²) in [6, 6.07) is 2.95. The number of halogens is 3. The van der Waals surface area contributed by atoms with Gasteiger partial charge in [0, 0.05) is 26.2 Å². The van der Waals surface area contributed by atoms with E-state index in [1.807, 2.05) is 0 Å². The van der Waals surface area contributed by atoms with E-state index in [1.54, 1.807) is 0 Å². The van der Waals surface area contributed by atoms with E-state index in [4.69, 9.17) is 0 Å². The Kier molecular flexibility index (Phi) is 6.62. The van der Waals surface area contributed by atoms with Crippen molar-refractivity contribution in [3.05, 3.63) is 24.3 Å². The number of nitrogens with one attached hydrogen (secondary N) is 1. The molecule has 30 heavy (non-hydrogen) atoms. The maximum absolute atomic E-state index is 12.9. The van der Waals surface area contributed by atoms with Gasteiger partial charge in [0.2, 0.25) is 15.9 Å². The first kappa shape index (κ1) is 22.8. The lowest BCUT2D eigenvalue weighted by Crippen LogP contribution is -2.60. The molecule has 0 aromatic heterocycles. The van der Waals surface area contributed by atoms with Crippen molar-refractivity contribution in [3.63, 3.8) is 0 Å². The van der Waals surface area contributed by atoms with Crippen molar-refractivity contribution in [2.75, 3.05) is 26.2 Å². The first-order valence-electron chi connectivity index (χ1n) is 9.25. The number of carbonyl (C=O) groups excluding carboxylic acids is 1. The van der Waals surface area contributed by atoms with Crippen molar-refractivity contribution in [3.8, 4) is 5.75 Å². The monoisotopic (exact) mass is 451 g/mol. The van der Waals surface area contributed by atoms with Gasteiger partial charge in [0.05, 0.1) is 10.8 Å². The standard InChI is InChI=1S/C16H21BF3N3O6S/c18-16(19,20)29-11-3-5-12(6-4-11)30(27,28)22-9-7-21-13(10-22)15(24)23-8-1-2-14(23)17(25)26/h3-6,13-14,21,25-26H,1-2,7-10H2/t13?,14-/m0/s1. The number of piperazine rings is 1. The van der Waals surface area contributed by atoms with Gasteiger partial charge in [-0.3, -0.25) is 4.79 Å². The number of ether oxygens (including phenoxy) is 1. The minimum Gasteiger partial charge on any atom is -0.426 e. The van der Waals surface area contributed by atoms with Crippen LogP contribution >= 0.6 is 0 Å². The molecule has 2 atom stereocenters. The van der Waals surface area contributed by atoms with Crippen molar-refractivity contribution in [1.82, 2.24) is 14.5 Å². The fraction of sp³-hybridized carbons (Fsp3) is 0.562. The molecule has 0 bridgehead atoms. The highest BCUT2D eigenvalue weighted by Crippen LogP contribution is 2.26. The van der Waals surface area contributed by atoms with Gasteiger partial charge in [-0.05, 0) is 37.1 Å². The number of carbonyl (C=O) groups is 1. The van der Waals surface area contributed by atoms with Gasteiger partial charge in [-0.25, -0.2) is 8.42 Å². The van der Waals surface area contributed by atoms with E-state index in [9.17, 15) is 36.4 Å². The van der Waals surface area contributed by atoms with Crippen molar-refractivity contribution in [2.24, 2.45) is 0 Å². The van der Waals surface area contributed by atoms with Gasteiger partial charge in [0.15, 0.2) is 0 Å². The topological polar surface area (TPSA) is 119 Å². The summed E-state index contributed by atoms with van der Waals surface area (Å²) in [5.74, 6) is -1.72. The van der Waals surface area contributed by atoms with Crippen LogP contribution < -0.4 is 10.1 Å². The normalized spacial score (nSPS) is 23.4. The molecule has 3 rings (SSSR count). The summed E-state index contributed by atoms with van der Waals surface area (Å²) < 4.78 is 67.4. The average Bonchev–Trinajstić information content (AvgIpc) is 3.17. The zero-order chi connectivity index (χ0) is 22.1. The molecule has 0 radical (unpaired) electrons. The van der Waals surface area contributed by atoms with Gasteiger partial charge in [0.1, 0.15) is 11.8 Å². The van der Waals surface area contributed by atoms with Crippen molar-refractivity contribution in [2.45, 2.75) is 36.1 Å².